The number of hydrogen-bond acceptors (Lipinski definition) is 4. The van der Waals surface area contributed by atoms with E-state index in [0.29, 0.717) is 5.69 Å². The third kappa shape index (κ3) is 4.44. The Morgan fingerprint density at radius 1 is 1.32 bits per heavy atom. The third-order valence-electron chi connectivity index (χ3n) is 2.58. The summed E-state index contributed by atoms with van der Waals surface area (Å²) < 4.78 is 42.7. The summed E-state index contributed by atoms with van der Waals surface area (Å²) in [7, 11) is 0. The van der Waals surface area contributed by atoms with Crippen LogP contribution in [0.1, 0.15) is 11.3 Å². The zero-order valence-corrected chi connectivity index (χ0v) is 11.5. The van der Waals surface area contributed by atoms with Gasteiger partial charge in [0.2, 0.25) is 0 Å². The number of alkyl halides is 3. The maximum Gasteiger partial charge on any atom is 0.416 e. The van der Waals surface area contributed by atoms with Gasteiger partial charge in [-0.1, -0.05) is 6.07 Å². The van der Waals surface area contributed by atoms with E-state index in [1.54, 1.807) is 13.0 Å². The number of benzene rings is 1. The van der Waals surface area contributed by atoms with Crippen molar-refractivity contribution < 1.29 is 22.7 Å². The predicted molar refractivity (Wildman–Crippen MR) is 72.3 cm³/mol. The van der Waals surface area contributed by atoms with E-state index >= 15 is 0 Å². The van der Waals surface area contributed by atoms with Crippen LogP contribution in [0.25, 0.3) is 0 Å². The minimum atomic E-state index is -4.47. The lowest BCUT2D eigenvalue weighted by Gasteiger charge is -2.10. The molecule has 1 aromatic carbocycles. The normalized spacial score (nSPS) is 11.1. The first-order valence-corrected chi connectivity index (χ1v) is 6.24. The highest BCUT2D eigenvalue weighted by atomic mass is 19.4. The number of nitrogens with zero attached hydrogens (tertiary/aromatic N) is 2. The van der Waals surface area contributed by atoms with Gasteiger partial charge in [0.1, 0.15) is 0 Å². The lowest BCUT2D eigenvalue weighted by atomic mass is 10.2. The average Bonchev–Trinajstić information content (AvgIpc) is 2.45. The Hall–Kier alpha value is -2.64. The van der Waals surface area contributed by atoms with Crippen molar-refractivity contribution in [1.29, 1.82) is 0 Å². The fraction of sp³-hybridized carbons (Fsp3) is 0.214. The smallest absolute Gasteiger partial charge is 0.416 e. The Balaban J connectivity index is 1.95. The topological polar surface area (TPSA) is 64.1 Å². The van der Waals surface area contributed by atoms with E-state index in [1.165, 1.54) is 18.3 Å². The van der Waals surface area contributed by atoms with Crippen LogP contribution in [0.3, 0.4) is 0 Å². The van der Waals surface area contributed by atoms with E-state index in [-0.39, 0.29) is 11.7 Å². The highest BCUT2D eigenvalue weighted by Gasteiger charge is 2.30. The van der Waals surface area contributed by atoms with Gasteiger partial charge in [0, 0.05) is 17.6 Å². The van der Waals surface area contributed by atoms with Crippen LogP contribution in [0.5, 0.6) is 6.01 Å². The zero-order chi connectivity index (χ0) is 16.2. The first kappa shape index (κ1) is 15.7. The van der Waals surface area contributed by atoms with Crippen LogP contribution in [-0.2, 0) is 11.0 Å². The molecule has 1 N–H and O–H groups in total. The molecule has 0 saturated carbocycles. The lowest BCUT2D eigenvalue weighted by Crippen LogP contribution is -2.21. The average molecular weight is 311 g/mol. The van der Waals surface area contributed by atoms with Gasteiger partial charge < -0.3 is 10.1 Å². The van der Waals surface area contributed by atoms with Crippen LogP contribution in [0.4, 0.5) is 18.9 Å². The summed E-state index contributed by atoms with van der Waals surface area (Å²) in [5.41, 5.74) is -0.134. The maximum atomic E-state index is 12.6. The molecule has 0 aliphatic carbocycles. The van der Waals surface area contributed by atoms with Crippen molar-refractivity contribution in [3.63, 3.8) is 0 Å². The molecule has 0 aliphatic rings. The summed E-state index contributed by atoms with van der Waals surface area (Å²) in [6.45, 7) is 1.33. The molecule has 5 nitrogen and oxygen atoms in total. The third-order valence-corrected chi connectivity index (χ3v) is 2.58. The van der Waals surface area contributed by atoms with Crippen molar-refractivity contribution in [2.45, 2.75) is 13.1 Å². The minimum Gasteiger partial charge on any atom is -0.453 e. The summed E-state index contributed by atoms with van der Waals surface area (Å²) in [5.74, 6) is -0.607. The molecule has 2 rings (SSSR count). The van der Waals surface area contributed by atoms with Crippen molar-refractivity contribution in [2.75, 3.05) is 11.9 Å². The Kier molecular flexibility index (Phi) is 4.59. The highest BCUT2D eigenvalue weighted by molar-refractivity contribution is 5.91. The number of halogens is 3. The molecule has 0 fully saturated rings. The molecule has 116 valence electrons. The maximum absolute atomic E-state index is 12.6. The molecule has 8 heteroatoms. The van der Waals surface area contributed by atoms with Crippen LogP contribution in [0.15, 0.2) is 36.5 Å². The molecule has 0 atom stereocenters. The van der Waals surface area contributed by atoms with Gasteiger partial charge in [-0.05, 0) is 31.2 Å². The van der Waals surface area contributed by atoms with Crippen LogP contribution in [-0.4, -0.2) is 22.5 Å². The number of carbonyl (C=O) groups excluding carboxylic acids is 1. The Morgan fingerprint density at radius 2 is 2.09 bits per heavy atom. The number of aromatic nitrogens is 2. The Bertz CT molecular complexity index is 674. The second-order valence-electron chi connectivity index (χ2n) is 4.40. The highest BCUT2D eigenvalue weighted by Crippen LogP contribution is 2.30. The van der Waals surface area contributed by atoms with Crippen molar-refractivity contribution in [3.05, 3.63) is 47.8 Å². The zero-order valence-electron chi connectivity index (χ0n) is 11.5. The number of ether oxygens (including phenoxy) is 1. The van der Waals surface area contributed by atoms with Crippen LogP contribution < -0.4 is 10.1 Å². The van der Waals surface area contributed by atoms with Crippen molar-refractivity contribution in [2.24, 2.45) is 0 Å². The van der Waals surface area contributed by atoms with Crippen molar-refractivity contribution >= 4 is 11.6 Å². The summed E-state index contributed by atoms with van der Waals surface area (Å²) in [5, 5.41) is 2.32. The van der Waals surface area contributed by atoms with Gasteiger partial charge in [-0.2, -0.15) is 13.2 Å². The van der Waals surface area contributed by atoms with Gasteiger partial charge in [-0.3, -0.25) is 4.79 Å². The number of carbonyl (C=O) groups is 1. The van der Waals surface area contributed by atoms with Gasteiger partial charge >= 0.3 is 12.2 Å². The number of aryl methyl sites for hydroxylation is 1. The number of hydrogen-bond donors (Lipinski definition) is 1. The number of nitrogens with one attached hydrogen (secondary N) is 1. The summed E-state index contributed by atoms with van der Waals surface area (Å²) in [6, 6.07) is 6.03. The van der Waals surface area contributed by atoms with Gasteiger partial charge in [0.25, 0.3) is 5.91 Å². The first-order chi connectivity index (χ1) is 10.3. The summed E-state index contributed by atoms with van der Waals surface area (Å²) in [6.07, 6.45) is -2.99. The van der Waals surface area contributed by atoms with Crippen LogP contribution in [0, 0.1) is 6.92 Å². The van der Waals surface area contributed by atoms with Gasteiger partial charge in [-0.15, -0.1) is 0 Å². The molecular formula is C14H12F3N3O2. The predicted octanol–water partition coefficient (Wildman–Crippen LogP) is 2.82. The van der Waals surface area contributed by atoms with Gasteiger partial charge in [0.05, 0.1) is 5.56 Å². The van der Waals surface area contributed by atoms with Crippen molar-refractivity contribution in [1.82, 2.24) is 9.97 Å². The van der Waals surface area contributed by atoms with Gasteiger partial charge in [0.15, 0.2) is 6.61 Å². The number of rotatable bonds is 4. The molecule has 0 saturated heterocycles. The lowest BCUT2D eigenvalue weighted by molar-refractivity contribution is -0.137. The molecular weight excluding hydrogens is 299 g/mol. The molecule has 0 radical (unpaired) electrons. The van der Waals surface area contributed by atoms with E-state index in [1.807, 2.05) is 0 Å². The Morgan fingerprint density at radius 3 is 2.77 bits per heavy atom. The molecule has 1 aromatic heterocycles. The molecule has 22 heavy (non-hydrogen) atoms. The van der Waals surface area contributed by atoms with E-state index < -0.39 is 24.3 Å². The van der Waals surface area contributed by atoms with E-state index in [2.05, 4.69) is 15.3 Å². The second kappa shape index (κ2) is 6.42. The summed E-state index contributed by atoms with van der Waals surface area (Å²) in [4.78, 5) is 19.4. The van der Waals surface area contributed by atoms with Gasteiger partial charge in [-0.25, -0.2) is 9.97 Å². The van der Waals surface area contributed by atoms with E-state index in [0.717, 1.165) is 12.1 Å². The SMILES string of the molecule is Cc1ccnc(OCC(=O)Nc2cccc(C(F)(F)F)c2)n1. The second-order valence-corrected chi connectivity index (χ2v) is 4.40. The van der Waals surface area contributed by atoms with E-state index in [4.69, 9.17) is 4.74 Å². The Labute approximate surface area is 124 Å². The van der Waals surface area contributed by atoms with Crippen molar-refractivity contribution in [3.8, 4) is 6.01 Å². The fourth-order valence-electron chi connectivity index (χ4n) is 1.60. The number of anilines is 1. The minimum absolute atomic E-state index is 0.0270. The molecule has 0 unspecified atom stereocenters. The molecule has 0 aliphatic heterocycles. The fourth-order valence-corrected chi connectivity index (χ4v) is 1.60. The molecule has 0 spiro atoms. The largest absolute Gasteiger partial charge is 0.453 e. The molecule has 1 amide bonds. The monoisotopic (exact) mass is 311 g/mol. The van der Waals surface area contributed by atoms with E-state index in [9.17, 15) is 18.0 Å². The standard InChI is InChI=1S/C14H12F3N3O2/c1-9-5-6-18-13(19-9)22-8-12(21)20-11-4-2-3-10(7-11)14(15,16)17/h2-7H,8H2,1H3,(H,20,21). The molecule has 2 aromatic rings. The van der Waals surface area contributed by atoms with Crippen LogP contribution in [0.2, 0.25) is 0 Å². The molecule has 0 bridgehead atoms. The van der Waals surface area contributed by atoms with Crippen LogP contribution >= 0.6 is 0 Å². The first-order valence-electron chi connectivity index (χ1n) is 6.24. The molecule has 1 heterocycles. The quantitative estimate of drug-likeness (QED) is 0.943. The summed E-state index contributed by atoms with van der Waals surface area (Å²) >= 11 is 0. The number of amides is 1.